The molecular formula is C20H24N2O3. The van der Waals surface area contributed by atoms with Crippen LogP contribution in [0.2, 0.25) is 0 Å². The van der Waals surface area contributed by atoms with E-state index in [9.17, 15) is 9.90 Å². The SMILES string of the molecule is C=C(CC(NNc1ccccc1)C(=O)OCC)C(O)c1ccccc1. The molecule has 2 aromatic rings. The molecule has 132 valence electrons. The van der Waals surface area contributed by atoms with E-state index in [1.807, 2.05) is 60.7 Å². The highest BCUT2D eigenvalue weighted by atomic mass is 16.5. The molecule has 0 fully saturated rings. The number of carbonyl (C=O) groups is 1. The zero-order valence-electron chi connectivity index (χ0n) is 14.3. The fourth-order valence-electron chi connectivity index (χ4n) is 2.37. The van der Waals surface area contributed by atoms with Crippen LogP contribution < -0.4 is 10.9 Å². The van der Waals surface area contributed by atoms with Gasteiger partial charge in [-0.25, -0.2) is 5.43 Å². The van der Waals surface area contributed by atoms with Gasteiger partial charge in [-0.15, -0.1) is 0 Å². The molecule has 0 spiro atoms. The van der Waals surface area contributed by atoms with Crippen molar-refractivity contribution in [3.8, 4) is 0 Å². The minimum atomic E-state index is -0.836. The number of aliphatic hydroxyl groups is 1. The van der Waals surface area contributed by atoms with Gasteiger partial charge < -0.3 is 15.3 Å². The van der Waals surface area contributed by atoms with Gasteiger partial charge in [0.25, 0.3) is 0 Å². The Kier molecular flexibility index (Phi) is 7.19. The maximum Gasteiger partial charge on any atom is 0.325 e. The predicted octanol–water partition coefficient (Wildman–Crippen LogP) is 3.21. The first kappa shape index (κ1) is 18.7. The van der Waals surface area contributed by atoms with Crippen LogP contribution in [0.15, 0.2) is 72.8 Å². The zero-order chi connectivity index (χ0) is 18.1. The minimum Gasteiger partial charge on any atom is -0.465 e. The summed E-state index contributed by atoms with van der Waals surface area (Å²) in [5.41, 5.74) is 8.06. The summed E-state index contributed by atoms with van der Waals surface area (Å²) in [4.78, 5) is 12.2. The van der Waals surface area contributed by atoms with Crippen LogP contribution in [0, 0.1) is 0 Å². The molecule has 3 N–H and O–H groups in total. The van der Waals surface area contributed by atoms with E-state index in [1.165, 1.54) is 0 Å². The van der Waals surface area contributed by atoms with E-state index in [2.05, 4.69) is 17.4 Å². The van der Waals surface area contributed by atoms with Crippen LogP contribution in [0.25, 0.3) is 0 Å². The van der Waals surface area contributed by atoms with Crippen molar-refractivity contribution in [2.75, 3.05) is 12.0 Å². The second kappa shape index (κ2) is 9.61. The monoisotopic (exact) mass is 340 g/mol. The molecule has 0 aromatic heterocycles. The van der Waals surface area contributed by atoms with Crippen LogP contribution in [0.5, 0.6) is 0 Å². The number of hydrazine groups is 1. The van der Waals surface area contributed by atoms with Gasteiger partial charge in [0.2, 0.25) is 0 Å². The quantitative estimate of drug-likeness (QED) is 0.371. The van der Waals surface area contributed by atoms with Gasteiger partial charge in [0, 0.05) is 5.69 Å². The fourth-order valence-corrected chi connectivity index (χ4v) is 2.37. The average Bonchev–Trinajstić information content (AvgIpc) is 2.66. The largest absolute Gasteiger partial charge is 0.465 e. The summed E-state index contributed by atoms with van der Waals surface area (Å²) in [6, 6.07) is 18.0. The molecule has 0 amide bonds. The predicted molar refractivity (Wildman–Crippen MR) is 98.8 cm³/mol. The van der Waals surface area contributed by atoms with Crippen molar-refractivity contribution in [1.82, 2.24) is 5.43 Å². The Hall–Kier alpha value is -2.63. The highest BCUT2D eigenvalue weighted by Gasteiger charge is 2.23. The summed E-state index contributed by atoms with van der Waals surface area (Å²) in [6.45, 7) is 5.99. The molecule has 2 rings (SSSR count). The van der Waals surface area contributed by atoms with Crippen molar-refractivity contribution in [2.45, 2.75) is 25.5 Å². The van der Waals surface area contributed by atoms with Gasteiger partial charge in [0.15, 0.2) is 0 Å². The molecule has 0 saturated carbocycles. The average molecular weight is 340 g/mol. The molecule has 2 aromatic carbocycles. The number of hydrogen-bond donors (Lipinski definition) is 3. The van der Waals surface area contributed by atoms with Gasteiger partial charge >= 0.3 is 5.97 Å². The van der Waals surface area contributed by atoms with E-state index < -0.39 is 18.1 Å². The molecule has 0 heterocycles. The highest BCUT2D eigenvalue weighted by molar-refractivity contribution is 5.76. The third-order valence-corrected chi connectivity index (χ3v) is 3.70. The summed E-state index contributed by atoms with van der Waals surface area (Å²) in [7, 11) is 0. The van der Waals surface area contributed by atoms with E-state index >= 15 is 0 Å². The lowest BCUT2D eigenvalue weighted by Gasteiger charge is -2.22. The number of rotatable bonds is 9. The lowest BCUT2D eigenvalue weighted by molar-refractivity contribution is -0.145. The summed E-state index contributed by atoms with van der Waals surface area (Å²) < 4.78 is 5.11. The number of hydrogen-bond acceptors (Lipinski definition) is 5. The van der Waals surface area contributed by atoms with Gasteiger partial charge in [-0.1, -0.05) is 55.1 Å². The van der Waals surface area contributed by atoms with Crippen molar-refractivity contribution in [2.24, 2.45) is 0 Å². The second-order valence-corrected chi connectivity index (χ2v) is 5.62. The number of aliphatic hydroxyl groups excluding tert-OH is 1. The highest BCUT2D eigenvalue weighted by Crippen LogP contribution is 2.23. The molecule has 5 nitrogen and oxygen atoms in total. The molecular weight excluding hydrogens is 316 g/mol. The topological polar surface area (TPSA) is 70.6 Å². The molecule has 0 radical (unpaired) electrons. The van der Waals surface area contributed by atoms with E-state index in [-0.39, 0.29) is 13.0 Å². The Bertz CT molecular complexity index is 674. The number of para-hydroxylation sites is 1. The summed E-state index contributed by atoms with van der Waals surface area (Å²) in [5, 5.41) is 10.4. The van der Waals surface area contributed by atoms with E-state index in [0.717, 1.165) is 11.3 Å². The first-order valence-electron chi connectivity index (χ1n) is 8.25. The van der Waals surface area contributed by atoms with Crippen LogP contribution >= 0.6 is 0 Å². The lowest BCUT2D eigenvalue weighted by Crippen LogP contribution is -2.42. The zero-order valence-corrected chi connectivity index (χ0v) is 14.3. The van der Waals surface area contributed by atoms with Crippen LogP contribution in [0.3, 0.4) is 0 Å². The van der Waals surface area contributed by atoms with Gasteiger partial charge in [-0.05, 0) is 36.6 Å². The second-order valence-electron chi connectivity index (χ2n) is 5.62. The van der Waals surface area contributed by atoms with Crippen LogP contribution in [-0.4, -0.2) is 23.7 Å². The standard InChI is InChI=1S/C20H24N2O3/c1-3-25-20(24)18(22-21-17-12-8-5-9-13-17)14-15(2)19(23)16-10-6-4-7-11-16/h4-13,18-19,21-23H,2-3,14H2,1H3. The molecule has 0 saturated heterocycles. The third kappa shape index (κ3) is 5.74. The van der Waals surface area contributed by atoms with Crippen molar-refractivity contribution >= 4 is 11.7 Å². The Morgan fingerprint density at radius 1 is 1.12 bits per heavy atom. The van der Waals surface area contributed by atoms with E-state index in [4.69, 9.17) is 4.74 Å². The van der Waals surface area contributed by atoms with Gasteiger partial charge in [0.05, 0.1) is 12.7 Å². The smallest absolute Gasteiger partial charge is 0.325 e. The Balaban J connectivity index is 2.02. The molecule has 0 aliphatic rings. The molecule has 0 aliphatic heterocycles. The van der Waals surface area contributed by atoms with Gasteiger partial charge in [-0.3, -0.25) is 4.79 Å². The van der Waals surface area contributed by atoms with Crippen molar-refractivity contribution in [1.29, 1.82) is 0 Å². The fraction of sp³-hybridized carbons (Fsp3) is 0.250. The number of anilines is 1. The van der Waals surface area contributed by atoms with Crippen molar-refractivity contribution < 1.29 is 14.6 Å². The van der Waals surface area contributed by atoms with Crippen LogP contribution in [-0.2, 0) is 9.53 Å². The minimum absolute atomic E-state index is 0.245. The maximum absolute atomic E-state index is 12.2. The Labute approximate surface area is 148 Å². The number of ether oxygens (including phenoxy) is 1. The number of benzene rings is 2. The Morgan fingerprint density at radius 3 is 2.32 bits per heavy atom. The Morgan fingerprint density at radius 2 is 1.72 bits per heavy atom. The van der Waals surface area contributed by atoms with Gasteiger partial charge in [-0.2, -0.15) is 0 Å². The molecule has 5 heteroatoms. The van der Waals surface area contributed by atoms with Crippen LogP contribution in [0.1, 0.15) is 25.0 Å². The molecule has 0 aliphatic carbocycles. The van der Waals surface area contributed by atoms with Crippen molar-refractivity contribution in [3.05, 3.63) is 78.4 Å². The first-order chi connectivity index (χ1) is 12.1. The molecule has 2 atom stereocenters. The normalized spacial score (nSPS) is 12.9. The van der Waals surface area contributed by atoms with Crippen molar-refractivity contribution in [3.63, 3.8) is 0 Å². The first-order valence-corrected chi connectivity index (χ1v) is 8.25. The number of nitrogens with one attached hydrogen (secondary N) is 2. The van der Waals surface area contributed by atoms with Gasteiger partial charge in [0.1, 0.15) is 6.04 Å². The van der Waals surface area contributed by atoms with E-state index in [0.29, 0.717) is 5.57 Å². The summed E-state index contributed by atoms with van der Waals surface area (Å²) in [5.74, 6) is -0.396. The maximum atomic E-state index is 12.2. The molecule has 2 unspecified atom stereocenters. The summed E-state index contributed by atoms with van der Waals surface area (Å²) >= 11 is 0. The number of esters is 1. The lowest BCUT2D eigenvalue weighted by atomic mass is 9.97. The molecule has 0 bridgehead atoms. The van der Waals surface area contributed by atoms with E-state index in [1.54, 1.807) is 6.92 Å². The number of carbonyl (C=O) groups excluding carboxylic acids is 1. The summed E-state index contributed by atoms with van der Waals surface area (Å²) in [6.07, 6.45) is -0.592. The molecule has 25 heavy (non-hydrogen) atoms. The third-order valence-electron chi connectivity index (χ3n) is 3.70. The van der Waals surface area contributed by atoms with Crippen LogP contribution in [0.4, 0.5) is 5.69 Å².